The molecule has 1 aliphatic rings. The maximum Gasteiger partial charge on any atom is 0.254 e. The summed E-state index contributed by atoms with van der Waals surface area (Å²) in [6.07, 6.45) is 5.00. The van der Waals surface area contributed by atoms with Crippen molar-refractivity contribution < 1.29 is 9.21 Å². The van der Waals surface area contributed by atoms with Gasteiger partial charge in [0.15, 0.2) is 5.76 Å². The summed E-state index contributed by atoms with van der Waals surface area (Å²) in [7, 11) is 0. The summed E-state index contributed by atoms with van der Waals surface area (Å²) < 4.78 is 5.49. The summed E-state index contributed by atoms with van der Waals surface area (Å²) >= 11 is 0. The van der Waals surface area contributed by atoms with Crippen molar-refractivity contribution in [3.63, 3.8) is 0 Å². The molecule has 0 saturated carbocycles. The predicted octanol–water partition coefficient (Wildman–Crippen LogP) is 4.43. The van der Waals surface area contributed by atoms with Gasteiger partial charge in [0, 0.05) is 18.5 Å². The van der Waals surface area contributed by atoms with E-state index in [1.165, 1.54) is 6.42 Å². The fraction of sp³-hybridized carbons (Fsp3) is 0.300. The van der Waals surface area contributed by atoms with Crippen LogP contribution < -0.4 is 0 Å². The minimum atomic E-state index is 0.0977. The van der Waals surface area contributed by atoms with Crippen molar-refractivity contribution in [3.05, 3.63) is 53.8 Å². The number of hydrogen-bond acceptors (Lipinski definition) is 3. The van der Waals surface area contributed by atoms with Gasteiger partial charge >= 0.3 is 0 Å². The van der Waals surface area contributed by atoms with Crippen LogP contribution in [0.15, 0.2) is 47.1 Å². The number of nitrogens with zero attached hydrogens (tertiary/aromatic N) is 2. The van der Waals surface area contributed by atoms with E-state index >= 15 is 0 Å². The first kappa shape index (κ1) is 14.9. The first-order valence-electron chi connectivity index (χ1n) is 8.47. The van der Waals surface area contributed by atoms with Gasteiger partial charge in [0.2, 0.25) is 0 Å². The first-order chi connectivity index (χ1) is 11.7. The molecule has 0 radical (unpaired) electrons. The zero-order chi connectivity index (χ0) is 16.5. The Morgan fingerprint density at radius 1 is 1.12 bits per heavy atom. The molecule has 3 heterocycles. The molecular formula is C20H20N2O2. The number of pyridine rings is 1. The van der Waals surface area contributed by atoms with E-state index in [0.717, 1.165) is 48.0 Å². The molecule has 0 N–H and O–H groups in total. The van der Waals surface area contributed by atoms with Crippen molar-refractivity contribution in [1.29, 1.82) is 0 Å². The van der Waals surface area contributed by atoms with E-state index in [9.17, 15) is 4.79 Å². The molecule has 0 spiro atoms. The Labute approximate surface area is 141 Å². The van der Waals surface area contributed by atoms with Crippen LogP contribution in [-0.4, -0.2) is 28.9 Å². The van der Waals surface area contributed by atoms with Crippen molar-refractivity contribution in [1.82, 2.24) is 9.88 Å². The van der Waals surface area contributed by atoms with Crippen molar-refractivity contribution in [2.24, 2.45) is 0 Å². The van der Waals surface area contributed by atoms with Crippen molar-refractivity contribution >= 4 is 16.8 Å². The van der Waals surface area contributed by atoms with Gasteiger partial charge in [0.25, 0.3) is 5.91 Å². The molecule has 3 aromatic rings. The number of aryl methyl sites for hydroxylation is 1. The lowest BCUT2D eigenvalue weighted by molar-refractivity contribution is 0.0726. The molecule has 0 unspecified atom stereocenters. The quantitative estimate of drug-likeness (QED) is 0.702. The molecule has 1 fully saturated rings. The summed E-state index contributed by atoms with van der Waals surface area (Å²) in [6, 6.07) is 11.6. The van der Waals surface area contributed by atoms with Crippen molar-refractivity contribution in [2.75, 3.05) is 13.1 Å². The molecule has 2 aromatic heterocycles. The molecule has 0 atom stereocenters. The molecule has 1 aliphatic heterocycles. The topological polar surface area (TPSA) is 46.3 Å². The summed E-state index contributed by atoms with van der Waals surface area (Å²) in [5.41, 5.74) is 3.38. The van der Waals surface area contributed by atoms with Gasteiger partial charge in [0.05, 0.1) is 17.3 Å². The Balaban J connectivity index is 1.87. The summed E-state index contributed by atoms with van der Waals surface area (Å²) in [5.74, 6) is 0.783. The van der Waals surface area contributed by atoms with E-state index in [1.807, 2.05) is 48.2 Å². The number of piperidine rings is 1. The first-order valence-corrected chi connectivity index (χ1v) is 8.47. The van der Waals surface area contributed by atoms with Gasteiger partial charge in [0.1, 0.15) is 5.69 Å². The lowest BCUT2D eigenvalue weighted by Gasteiger charge is -2.27. The third-order valence-electron chi connectivity index (χ3n) is 4.61. The zero-order valence-electron chi connectivity index (χ0n) is 13.8. The lowest BCUT2D eigenvalue weighted by Crippen LogP contribution is -2.35. The summed E-state index contributed by atoms with van der Waals surface area (Å²) in [5, 5.41) is 0.917. The van der Waals surface area contributed by atoms with Crippen LogP contribution in [0.25, 0.3) is 22.4 Å². The molecule has 4 nitrogen and oxygen atoms in total. The second-order valence-electron chi connectivity index (χ2n) is 6.41. The minimum absolute atomic E-state index is 0.0977. The van der Waals surface area contributed by atoms with Gasteiger partial charge in [-0.25, -0.2) is 4.98 Å². The molecular weight excluding hydrogens is 300 g/mol. The highest BCUT2D eigenvalue weighted by atomic mass is 16.3. The normalized spacial score (nSPS) is 15.0. The van der Waals surface area contributed by atoms with E-state index in [0.29, 0.717) is 11.5 Å². The lowest BCUT2D eigenvalue weighted by atomic mass is 10.0. The second kappa shape index (κ2) is 6.11. The number of hydrogen-bond donors (Lipinski definition) is 0. The monoisotopic (exact) mass is 320 g/mol. The van der Waals surface area contributed by atoms with Crippen LogP contribution in [0.1, 0.15) is 35.2 Å². The fourth-order valence-electron chi connectivity index (χ4n) is 3.33. The third kappa shape index (κ3) is 2.68. The van der Waals surface area contributed by atoms with Crippen molar-refractivity contribution in [2.45, 2.75) is 26.2 Å². The van der Waals surface area contributed by atoms with Gasteiger partial charge in [-0.15, -0.1) is 0 Å². The van der Waals surface area contributed by atoms with Gasteiger partial charge < -0.3 is 9.32 Å². The summed E-state index contributed by atoms with van der Waals surface area (Å²) in [6.45, 7) is 3.71. The maximum absolute atomic E-state index is 13.1. The Kier molecular flexibility index (Phi) is 3.81. The molecule has 4 heteroatoms. The van der Waals surface area contributed by atoms with Crippen LogP contribution >= 0.6 is 0 Å². The van der Waals surface area contributed by atoms with E-state index < -0.39 is 0 Å². The van der Waals surface area contributed by atoms with Crippen molar-refractivity contribution in [3.8, 4) is 11.5 Å². The number of benzene rings is 1. The number of likely N-dealkylation sites (tertiary alicyclic amines) is 1. The van der Waals surface area contributed by atoms with Crippen LogP contribution in [-0.2, 0) is 0 Å². The maximum atomic E-state index is 13.1. The fourth-order valence-corrected chi connectivity index (χ4v) is 3.33. The molecule has 1 aromatic carbocycles. The number of rotatable bonds is 2. The molecule has 1 amide bonds. The Bertz CT molecular complexity index is 878. The molecule has 4 rings (SSSR count). The molecule has 24 heavy (non-hydrogen) atoms. The van der Waals surface area contributed by atoms with Gasteiger partial charge in [-0.05, 0) is 56.5 Å². The number of aromatic nitrogens is 1. The third-order valence-corrected chi connectivity index (χ3v) is 4.61. The van der Waals surface area contributed by atoms with Crippen LogP contribution in [0.5, 0.6) is 0 Å². The Morgan fingerprint density at radius 3 is 2.71 bits per heavy atom. The largest absolute Gasteiger partial charge is 0.463 e. The van der Waals surface area contributed by atoms with E-state index in [-0.39, 0.29) is 5.91 Å². The number of carbonyl (C=O) groups is 1. The number of fused-ring (bicyclic) bond motifs is 1. The van der Waals surface area contributed by atoms with Crippen LogP contribution in [0.2, 0.25) is 0 Å². The standard InChI is InChI=1S/C20H20N2O2/c1-14-7-8-17-15(12-14)16(20(23)22-9-3-2-4-10-22)13-18(21-17)19-6-5-11-24-19/h5-8,11-13H,2-4,9-10H2,1H3. The van der Waals surface area contributed by atoms with Crippen LogP contribution in [0.4, 0.5) is 0 Å². The molecule has 1 saturated heterocycles. The Hall–Kier alpha value is -2.62. The molecule has 122 valence electrons. The van der Waals surface area contributed by atoms with Crippen LogP contribution in [0.3, 0.4) is 0 Å². The SMILES string of the molecule is Cc1ccc2nc(-c3ccco3)cc(C(=O)N3CCCCC3)c2c1. The van der Waals surface area contributed by atoms with E-state index in [1.54, 1.807) is 6.26 Å². The summed E-state index contributed by atoms with van der Waals surface area (Å²) in [4.78, 5) is 19.8. The smallest absolute Gasteiger partial charge is 0.254 e. The van der Waals surface area contributed by atoms with Gasteiger partial charge in [-0.1, -0.05) is 11.6 Å². The van der Waals surface area contributed by atoms with E-state index in [2.05, 4.69) is 4.98 Å². The highest BCUT2D eigenvalue weighted by Gasteiger charge is 2.22. The Morgan fingerprint density at radius 2 is 1.96 bits per heavy atom. The zero-order valence-corrected chi connectivity index (χ0v) is 13.8. The predicted molar refractivity (Wildman–Crippen MR) is 93.9 cm³/mol. The number of amides is 1. The molecule has 0 aliphatic carbocycles. The minimum Gasteiger partial charge on any atom is -0.463 e. The number of furan rings is 1. The highest BCUT2D eigenvalue weighted by Crippen LogP contribution is 2.27. The average molecular weight is 320 g/mol. The molecule has 0 bridgehead atoms. The number of carbonyl (C=O) groups excluding carboxylic acids is 1. The van der Waals surface area contributed by atoms with Crippen LogP contribution in [0, 0.1) is 6.92 Å². The van der Waals surface area contributed by atoms with E-state index in [4.69, 9.17) is 4.42 Å². The second-order valence-corrected chi connectivity index (χ2v) is 6.41. The average Bonchev–Trinajstić information content (AvgIpc) is 3.16. The highest BCUT2D eigenvalue weighted by molar-refractivity contribution is 6.07. The van der Waals surface area contributed by atoms with Gasteiger partial charge in [-0.2, -0.15) is 0 Å². The van der Waals surface area contributed by atoms with Gasteiger partial charge in [-0.3, -0.25) is 4.79 Å².